The van der Waals surface area contributed by atoms with E-state index in [4.69, 9.17) is 18.9 Å². The molecule has 0 heterocycles. The van der Waals surface area contributed by atoms with Crippen molar-refractivity contribution in [2.75, 3.05) is 0 Å². The molecule has 0 saturated carbocycles. The zero-order valence-corrected chi connectivity index (χ0v) is 27.3. The van der Waals surface area contributed by atoms with Crippen LogP contribution in [0.25, 0.3) is 12.2 Å². The molecule has 0 fully saturated rings. The van der Waals surface area contributed by atoms with Crippen LogP contribution >= 0.6 is 0 Å². The van der Waals surface area contributed by atoms with E-state index < -0.39 is 23.9 Å². The first-order chi connectivity index (χ1) is 22.1. The average Bonchev–Trinajstić information content (AvgIpc) is 3.00. The van der Waals surface area contributed by atoms with Gasteiger partial charge in [-0.25, -0.2) is 19.2 Å². The van der Waals surface area contributed by atoms with Gasteiger partial charge in [-0.2, -0.15) is 0 Å². The van der Waals surface area contributed by atoms with Crippen LogP contribution in [-0.2, 0) is 19.2 Å². The van der Waals surface area contributed by atoms with Crippen LogP contribution in [0.3, 0.4) is 0 Å². The maximum absolute atomic E-state index is 12.3. The van der Waals surface area contributed by atoms with Gasteiger partial charge in [-0.3, -0.25) is 0 Å². The minimum atomic E-state index is -0.608. The summed E-state index contributed by atoms with van der Waals surface area (Å²) in [7, 11) is 0. The molecule has 0 spiro atoms. The van der Waals surface area contributed by atoms with Gasteiger partial charge in [-0.1, -0.05) is 75.8 Å². The summed E-state index contributed by atoms with van der Waals surface area (Å²) in [5, 5.41) is 0. The molecule has 242 valence electrons. The molecule has 0 saturated heterocycles. The molecule has 3 rings (SSSR count). The highest BCUT2D eigenvalue weighted by molar-refractivity contribution is 5.91. The summed E-state index contributed by atoms with van der Waals surface area (Å²) in [6.07, 6.45) is 13.6. The van der Waals surface area contributed by atoms with Crippen LogP contribution in [0.15, 0.2) is 121 Å². The first-order valence-electron chi connectivity index (χ1n) is 14.7. The van der Waals surface area contributed by atoms with Gasteiger partial charge in [-0.05, 0) is 63.5 Å². The average molecular weight is 635 g/mol. The first kappa shape index (κ1) is 35.7. The van der Waals surface area contributed by atoms with Crippen molar-refractivity contribution in [3.05, 3.63) is 132 Å². The van der Waals surface area contributed by atoms with Gasteiger partial charge in [0.1, 0.15) is 23.0 Å². The molecule has 0 aromatic heterocycles. The third-order valence-corrected chi connectivity index (χ3v) is 6.72. The van der Waals surface area contributed by atoms with Crippen LogP contribution < -0.4 is 18.9 Å². The van der Waals surface area contributed by atoms with E-state index in [2.05, 4.69) is 39.3 Å². The van der Waals surface area contributed by atoms with E-state index in [1.807, 2.05) is 30.4 Å². The summed E-state index contributed by atoms with van der Waals surface area (Å²) < 4.78 is 21.6. The molecule has 2 unspecified atom stereocenters. The number of hydrogen-bond donors (Lipinski definition) is 0. The van der Waals surface area contributed by atoms with Gasteiger partial charge >= 0.3 is 23.9 Å². The van der Waals surface area contributed by atoms with E-state index in [0.717, 1.165) is 5.57 Å². The van der Waals surface area contributed by atoms with E-state index in [0.29, 0.717) is 11.1 Å². The van der Waals surface area contributed by atoms with Gasteiger partial charge in [0.15, 0.2) is 0 Å². The topological polar surface area (TPSA) is 105 Å². The lowest BCUT2D eigenvalue weighted by molar-refractivity contribution is -0.131. The maximum atomic E-state index is 12.3. The molecule has 0 amide bonds. The fraction of sp³-hybridized carbons (Fsp3) is 0.179. The Morgan fingerprint density at radius 3 is 1.47 bits per heavy atom. The quantitative estimate of drug-likeness (QED) is 0.131. The van der Waals surface area contributed by atoms with Gasteiger partial charge in [0, 0.05) is 51.5 Å². The van der Waals surface area contributed by atoms with Gasteiger partial charge in [-0.15, -0.1) is 0 Å². The third-order valence-electron chi connectivity index (χ3n) is 6.72. The molecule has 0 bridgehead atoms. The van der Waals surface area contributed by atoms with Gasteiger partial charge in [0.25, 0.3) is 0 Å². The predicted octanol–water partition coefficient (Wildman–Crippen LogP) is 8.09. The summed E-state index contributed by atoms with van der Waals surface area (Å²) in [6, 6.07) is 9.54. The second-order valence-corrected chi connectivity index (χ2v) is 11.2. The largest absolute Gasteiger partial charge is 0.423 e. The van der Waals surface area contributed by atoms with E-state index in [-0.39, 0.29) is 57.1 Å². The van der Waals surface area contributed by atoms with Crippen LogP contribution in [0.1, 0.15) is 45.7 Å². The van der Waals surface area contributed by atoms with Gasteiger partial charge in [0.2, 0.25) is 0 Å². The van der Waals surface area contributed by atoms with Gasteiger partial charge in [0.05, 0.1) is 0 Å². The zero-order chi connectivity index (χ0) is 34.8. The summed E-state index contributed by atoms with van der Waals surface area (Å²) in [5.74, 6) is -1.43. The molecule has 1 aliphatic rings. The molecule has 8 nitrogen and oxygen atoms in total. The van der Waals surface area contributed by atoms with E-state index in [1.54, 1.807) is 44.2 Å². The lowest BCUT2D eigenvalue weighted by Gasteiger charge is -2.19. The number of carbonyl (C=O) groups is 4. The van der Waals surface area contributed by atoms with Crippen LogP contribution in [0.5, 0.6) is 23.0 Å². The first-order valence-corrected chi connectivity index (χ1v) is 14.7. The molecule has 1 aliphatic carbocycles. The molecule has 2 atom stereocenters. The number of ether oxygens (including phenoxy) is 4. The van der Waals surface area contributed by atoms with Crippen LogP contribution in [0.2, 0.25) is 0 Å². The lowest BCUT2D eigenvalue weighted by atomic mass is 9.86. The molecule has 2 aromatic carbocycles. The van der Waals surface area contributed by atoms with Crippen LogP contribution in [-0.4, -0.2) is 23.9 Å². The second kappa shape index (κ2) is 16.0. The molecular formula is C39H38O8. The van der Waals surface area contributed by atoms with Crippen LogP contribution in [0, 0.1) is 11.8 Å². The minimum Gasteiger partial charge on any atom is -0.423 e. The normalized spacial score (nSPS) is 15.5. The Morgan fingerprint density at radius 1 is 0.617 bits per heavy atom. The molecular weight excluding hydrogens is 596 g/mol. The second-order valence-electron chi connectivity index (χ2n) is 11.2. The molecule has 0 N–H and O–H groups in total. The van der Waals surface area contributed by atoms with E-state index in [1.165, 1.54) is 26.0 Å². The highest BCUT2D eigenvalue weighted by atomic mass is 16.6. The number of rotatable bonds is 12. The highest BCUT2D eigenvalue weighted by Crippen LogP contribution is 2.32. The number of carbonyl (C=O) groups excluding carboxylic acids is 4. The third kappa shape index (κ3) is 10.4. The van der Waals surface area contributed by atoms with Crippen molar-refractivity contribution < 1.29 is 38.1 Å². The molecule has 47 heavy (non-hydrogen) atoms. The zero-order valence-electron chi connectivity index (χ0n) is 27.3. The predicted molar refractivity (Wildman–Crippen MR) is 183 cm³/mol. The minimum absolute atomic E-state index is 0.0205. The Hall–Kier alpha value is -5.76. The SMILES string of the molecule is C=C(C)C(=O)Oc1ccc(/C=C/C2=CC(C)C(/C=C/c3ccc(OC(=O)C(=C)C)cc3OC(=O)C(=C)C)C=C2)c(OC(=O)C(=C)C)c1. The molecule has 8 heteroatoms. The van der Waals surface area contributed by atoms with Crippen molar-refractivity contribution in [3.8, 4) is 23.0 Å². The fourth-order valence-corrected chi connectivity index (χ4v) is 3.99. The Morgan fingerprint density at radius 2 is 1.04 bits per heavy atom. The van der Waals surface area contributed by atoms with Gasteiger partial charge < -0.3 is 18.9 Å². The summed E-state index contributed by atoms with van der Waals surface area (Å²) in [6.45, 7) is 22.7. The summed E-state index contributed by atoms with van der Waals surface area (Å²) in [5.41, 5.74) is 3.05. The Kier molecular flexibility index (Phi) is 12.2. The standard InChI is InChI=1S/C39H38O8/c1-23(2)36(40)44-32-18-16-30(34(21-32)46-38(42)25(5)6)13-11-28-10-12-29(27(9)20-28)14-15-31-17-19-33(45-37(41)24(3)4)22-35(31)47-39(43)26(7)8/h10-22,27,29H,1,3,5,7H2,2,4,6,8-9H3/b13-11+,15-14+. The summed E-state index contributed by atoms with van der Waals surface area (Å²) in [4.78, 5) is 48.6. The maximum Gasteiger partial charge on any atom is 0.338 e. The Balaban J connectivity index is 1.81. The molecule has 2 aromatic rings. The highest BCUT2D eigenvalue weighted by Gasteiger charge is 2.17. The summed E-state index contributed by atoms with van der Waals surface area (Å²) >= 11 is 0. The number of allylic oxidation sites excluding steroid dienone is 6. The van der Waals surface area contributed by atoms with Crippen molar-refractivity contribution >= 4 is 36.0 Å². The smallest absolute Gasteiger partial charge is 0.338 e. The van der Waals surface area contributed by atoms with E-state index in [9.17, 15) is 19.2 Å². The Labute approximate surface area is 275 Å². The number of benzene rings is 2. The van der Waals surface area contributed by atoms with Crippen molar-refractivity contribution in [1.29, 1.82) is 0 Å². The van der Waals surface area contributed by atoms with E-state index >= 15 is 0 Å². The van der Waals surface area contributed by atoms with Crippen molar-refractivity contribution in [2.45, 2.75) is 34.6 Å². The Bertz CT molecular complexity index is 1780. The van der Waals surface area contributed by atoms with Crippen LogP contribution in [0.4, 0.5) is 0 Å². The van der Waals surface area contributed by atoms with Crippen molar-refractivity contribution in [2.24, 2.45) is 11.8 Å². The number of hydrogen-bond acceptors (Lipinski definition) is 8. The number of esters is 4. The monoisotopic (exact) mass is 634 g/mol. The fourth-order valence-electron chi connectivity index (χ4n) is 3.99. The molecule has 0 radical (unpaired) electrons. The molecule has 0 aliphatic heterocycles. The van der Waals surface area contributed by atoms with Crippen molar-refractivity contribution in [3.63, 3.8) is 0 Å². The van der Waals surface area contributed by atoms with Crippen molar-refractivity contribution in [1.82, 2.24) is 0 Å². The lowest BCUT2D eigenvalue weighted by Crippen LogP contribution is -2.11.